The highest BCUT2D eigenvalue weighted by Crippen LogP contribution is 2.25. The number of sulfonamides is 1. The lowest BCUT2D eigenvalue weighted by Crippen LogP contribution is -2.53. The molecule has 1 atom stereocenters. The molecule has 3 N–H and O–H groups in total. The van der Waals surface area contributed by atoms with Crippen molar-refractivity contribution in [3.63, 3.8) is 0 Å². The van der Waals surface area contributed by atoms with Gasteiger partial charge in [-0.3, -0.25) is 9.59 Å². The Labute approximate surface area is 189 Å². The number of H-pyrrole nitrogens is 1. The molecule has 0 radical (unpaired) electrons. The van der Waals surface area contributed by atoms with Crippen LogP contribution in [0.25, 0.3) is 10.9 Å². The summed E-state index contributed by atoms with van der Waals surface area (Å²) in [7, 11) is -3.72. The number of ether oxygens (including phenoxy) is 1. The third kappa shape index (κ3) is 4.85. The van der Waals surface area contributed by atoms with Crippen LogP contribution in [0, 0.1) is 0 Å². The summed E-state index contributed by atoms with van der Waals surface area (Å²) in [6.45, 7) is 0.859. The van der Waals surface area contributed by atoms with E-state index in [0.29, 0.717) is 26.0 Å². The largest absolute Gasteiger partial charge is 0.361 e. The second kappa shape index (κ2) is 9.82. The third-order valence-corrected chi connectivity index (χ3v) is 8.47. The molecule has 0 aliphatic carbocycles. The zero-order chi connectivity index (χ0) is 22.6. The molecule has 1 fully saturated rings. The summed E-state index contributed by atoms with van der Waals surface area (Å²) in [5.41, 5.74) is 2.06. The van der Waals surface area contributed by atoms with Crippen molar-refractivity contribution in [2.24, 2.45) is 0 Å². The molecule has 32 heavy (non-hydrogen) atoms. The van der Waals surface area contributed by atoms with Gasteiger partial charge in [0, 0.05) is 30.2 Å². The maximum absolute atomic E-state index is 12.8. The van der Waals surface area contributed by atoms with Crippen molar-refractivity contribution >= 4 is 44.1 Å². The number of fused-ring (bicyclic) bond motifs is 1. The molecule has 0 bridgehead atoms. The van der Waals surface area contributed by atoms with Gasteiger partial charge in [0.15, 0.2) is 0 Å². The van der Waals surface area contributed by atoms with Crippen LogP contribution in [-0.2, 0) is 30.8 Å². The van der Waals surface area contributed by atoms with E-state index in [2.05, 4.69) is 15.6 Å². The minimum absolute atomic E-state index is 0.112. The number of hydrogen-bond donors (Lipinski definition) is 3. The number of aromatic amines is 1. The van der Waals surface area contributed by atoms with Gasteiger partial charge in [0.05, 0.1) is 13.2 Å². The third-order valence-electron chi connectivity index (χ3n) is 5.21. The number of rotatable bonds is 7. The van der Waals surface area contributed by atoms with E-state index in [0.717, 1.165) is 27.8 Å². The highest BCUT2D eigenvalue weighted by atomic mass is 32.2. The van der Waals surface area contributed by atoms with Crippen LogP contribution in [0.15, 0.2) is 52.2 Å². The van der Waals surface area contributed by atoms with Gasteiger partial charge in [0.25, 0.3) is 10.0 Å². The van der Waals surface area contributed by atoms with Gasteiger partial charge in [-0.15, -0.1) is 11.3 Å². The molecule has 11 heteroatoms. The first-order valence-electron chi connectivity index (χ1n) is 10.2. The number of nitrogens with zero attached hydrogens (tertiary/aromatic N) is 1. The van der Waals surface area contributed by atoms with Gasteiger partial charge in [-0.05, 0) is 35.9 Å². The summed E-state index contributed by atoms with van der Waals surface area (Å²) >= 11 is 1.12. The summed E-state index contributed by atoms with van der Waals surface area (Å²) in [6, 6.07) is 11.1. The second-order valence-electron chi connectivity index (χ2n) is 7.30. The van der Waals surface area contributed by atoms with E-state index >= 15 is 0 Å². The smallest absolute Gasteiger partial charge is 0.309 e. The van der Waals surface area contributed by atoms with Crippen LogP contribution < -0.4 is 10.6 Å². The fourth-order valence-corrected chi connectivity index (χ4v) is 6.30. The van der Waals surface area contributed by atoms with Crippen LogP contribution in [0.1, 0.15) is 12.0 Å². The first-order chi connectivity index (χ1) is 15.5. The van der Waals surface area contributed by atoms with Gasteiger partial charge < -0.3 is 20.4 Å². The number of amides is 2. The average Bonchev–Trinajstić information content (AvgIpc) is 3.49. The summed E-state index contributed by atoms with van der Waals surface area (Å²) < 4.78 is 32.7. The Bertz CT molecular complexity index is 1190. The topological polar surface area (TPSA) is 121 Å². The number of nitrogens with one attached hydrogen (secondary N) is 3. The van der Waals surface area contributed by atoms with Crippen LogP contribution in [0.5, 0.6) is 0 Å². The molecule has 4 rings (SSSR count). The Kier molecular flexibility index (Phi) is 6.89. The average molecular weight is 477 g/mol. The van der Waals surface area contributed by atoms with Crippen molar-refractivity contribution in [1.29, 1.82) is 0 Å². The SMILES string of the molecule is O=C(NCCc1c[nH]c2ccccc12)C(=O)NC[C@H]1OCCCN1S(=O)(=O)c1cccs1. The molecular weight excluding hydrogens is 452 g/mol. The van der Waals surface area contributed by atoms with Gasteiger partial charge in [-0.25, -0.2) is 8.42 Å². The van der Waals surface area contributed by atoms with Crippen molar-refractivity contribution in [1.82, 2.24) is 19.9 Å². The summed E-state index contributed by atoms with van der Waals surface area (Å²) in [5, 5.41) is 7.86. The van der Waals surface area contributed by atoms with E-state index in [4.69, 9.17) is 4.74 Å². The van der Waals surface area contributed by atoms with E-state index in [1.165, 1.54) is 10.4 Å². The molecule has 0 saturated carbocycles. The van der Waals surface area contributed by atoms with E-state index in [-0.39, 0.29) is 17.3 Å². The zero-order valence-electron chi connectivity index (χ0n) is 17.2. The molecule has 9 nitrogen and oxygen atoms in total. The second-order valence-corrected chi connectivity index (χ2v) is 10.4. The van der Waals surface area contributed by atoms with E-state index in [1.54, 1.807) is 11.4 Å². The normalized spacial score (nSPS) is 17.3. The summed E-state index contributed by atoms with van der Waals surface area (Å²) in [4.78, 5) is 27.6. The molecular formula is C21H24N4O5S2. The van der Waals surface area contributed by atoms with Crippen LogP contribution >= 0.6 is 11.3 Å². The Balaban J connectivity index is 1.28. The van der Waals surface area contributed by atoms with Crippen LogP contribution in [0.4, 0.5) is 0 Å². The highest BCUT2D eigenvalue weighted by Gasteiger charge is 2.35. The monoisotopic (exact) mass is 476 g/mol. The quantitative estimate of drug-likeness (QED) is 0.446. The minimum Gasteiger partial charge on any atom is -0.361 e. The van der Waals surface area contributed by atoms with Gasteiger partial charge in [0.2, 0.25) is 0 Å². The maximum Gasteiger partial charge on any atom is 0.309 e. The van der Waals surface area contributed by atoms with Gasteiger partial charge in [-0.2, -0.15) is 4.31 Å². The standard InChI is InChI=1S/C21H24N4O5S2/c26-20(22-9-8-15-13-23-17-6-2-1-5-16(15)17)21(27)24-14-18-25(10-4-11-30-18)32(28,29)19-7-3-12-31-19/h1-3,5-7,12-13,18,23H,4,8-11,14H2,(H,22,26)(H,24,27)/t18-/m1/s1. The first kappa shape index (κ1) is 22.5. The van der Waals surface area contributed by atoms with Crippen molar-refractivity contribution in [3.05, 3.63) is 53.5 Å². The fraction of sp³-hybridized carbons (Fsp3) is 0.333. The predicted molar refractivity (Wildman–Crippen MR) is 121 cm³/mol. The summed E-state index contributed by atoms with van der Waals surface area (Å²) in [5.74, 6) is -1.60. The number of aromatic nitrogens is 1. The Morgan fingerprint density at radius 3 is 2.78 bits per heavy atom. The lowest BCUT2D eigenvalue weighted by atomic mass is 10.1. The minimum atomic E-state index is -3.72. The Hall–Kier alpha value is -2.73. The number of carbonyl (C=O) groups is 2. The van der Waals surface area contributed by atoms with Gasteiger partial charge in [0.1, 0.15) is 10.4 Å². The number of thiophene rings is 1. The van der Waals surface area contributed by atoms with Crippen molar-refractivity contribution in [2.45, 2.75) is 23.3 Å². The van der Waals surface area contributed by atoms with E-state index in [9.17, 15) is 18.0 Å². The van der Waals surface area contributed by atoms with Crippen molar-refractivity contribution in [3.8, 4) is 0 Å². The van der Waals surface area contributed by atoms with Crippen LogP contribution in [-0.4, -0.2) is 62.0 Å². The van der Waals surface area contributed by atoms with Gasteiger partial charge >= 0.3 is 11.8 Å². The molecule has 0 unspecified atom stereocenters. The molecule has 1 saturated heterocycles. The summed E-state index contributed by atoms with van der Waals surface area (Å²) in [6.07, 6.45) is 2.16. The molecule has 2 amide bonds. The van der Waals surface area contributed by atoms with Crippen LogP contribution in [0.3, 0.4) is 0 Å². The molecule has 1 aromatic carbocycles. The van der Waals surface area contributed by atoms with Crippen LogP contribution in [0.2, 0.25) is 0 Å². The molecule has 170 valence electrons. The highest BCUT2D eigenvalue weighted by molar-refractivity contribution is 7.91. The molecule has 1 aliphatic heterocycles. The number of benzene rings is 1. The predicted octanol–water partition coefficient (Wildman–Crippen LogP) is 1.44. The number of hydrogen-bond acceptors (Lipinski definition) is 6. The fourth-order valence-electron chi connectivity index (χ4n) is 3.62. The van der Waals surface area contributed by atoms with Gasteiger partial charge in [-0.1, -0.05) is 24.3 Å². The molecule has 3 aromatic rings. The number of carbonyl (C=O) groups excluding carboxylic acids is 2. The molecule has 0 spiro atoms. The zero-order valence-corrected chi connectivity index (χ0v) is 18.9. The Morgan fingerprint density at radius 2 is 1.97 bits per heavy atom. The first-order valence-corrected chi connectivity index (χ1v) is 12.6. The lowest BCUT2D eigenvalue weighted by molar-refractivity contribution is -0.140. The molecule has 3 heterocycles. The van der Waals surface area contributed by atoms with E-state index < -0.39 is 28.1 Å². The Morgan fingerprint density at radius 1 is 1.16 bits per heavy atom. The maximum atomic E-state index is 12.8. The molecule has 1 aliphatic rings. The van der Waals surface area contributed by atoms with Crippen molar-refractivity contribution in [2.75, 3.05) is 26.2 Å². The molecule has 2 aromatic heterocycles. The van der Waals surface area contributed by atoms with E-state index in [1.807, 2.05) is 30.5 Å². The lowest BCUT2D eigenvalue weighted by Gasteiger charge is -2.34. The number of para-hydroxylation sites is 1. The van der Waals surface area contributed by atoms with Crippen molar-refractivity contribution < 1.29 is 22.7 Å².